The van der Waals surface area contributed by atoms with Crippen molar-refractivity contribution >= 4 is 61.4 Å². The fraction of sp³-hybridized carbons (Fsp3) is 0.347. The van der Waals surface area contributed by atoms with Gasteiger partial charge in [-0.25, -0.2) is 19.9 Å². The van der Waals surface area contributed by atoms with E-state index >= 15 is 0 Å². The van der Waals surface area contributed by atoms with Gasteiger partial charge in [-0.05, 0) is 107 Å². The van der Waals surface area contributed by atoms with Gasteiger partial charge in [0.2, 0.25) is 0 Å². The van der Waals surface area contributed by atoms with Crippen LogP contribution in [-0.2, 0) is 0 Å². The molecule has 0 radical (unpaired) electrons. The van der Waals surface area contributed by atoms with Crippen LogP contribution in [0, 0.1) is 23.7 Å². The number of nitrogens with zero attached hydrogens (tertiary/aromatic N) is 8. The first-order valence-corrected chi connectivity index (χ1v) is 22.7. The lowest BCUT2D eigenvalue weighted by atomic mass is 9.99. The number of aliphatic hydroxyl groups excluding tert-OH is 3. The van der Waals surface area contributed by atoms with Crippen molar-refractivity contribution in [3.63, 3.8) is 0 Å². The van der Waals surface area contributed by atoms with E-state index in [1.165, 1.54) is 59.4 Å². The Morgan fingerprint density at radius 2 is 1.10 bits per heavy atom. The van der Waals surface area contributed by atoms with Gasteiger partial charge >= 0.3 is 0 Å². The Morgan fingerprint density at radius 1 is 0.619 bits per heavy atom. The molecule has 2 saturated carbocycles. The zero-order chi connectivity index (χ0) is 43.1. The van der Waals surface area contributed by atoms with Gasteiger partial charge in [0.15, 0.2) is 22.9 Å². The molecule has 13 nitrogen and oxygen atoms in total. The van der Waals surface area contributed by atoms with Gasteiger partial charge < -0.3 is 26.0 Å². The number of anilines is 2. The predicted molar refractivity (Wildman–Crippen MR) is 254 cm³/mol. The van der Waals surface area contributed by atoms with Crippen LogP contribution in [0.1, 0.15) is 81.0 Å². The van der Waals surface area contributed by atoms with Crippen LogP contribution >= 0.6 is 15.9 Å². The number of aromatic nitrogens is 6. The Kier molecular flexibility index (Phi) is 13.2. The first kappa shape index (κ1) is 42.3. The van der Waals surface area contributed by atoms with Crippen molar-refractivity contribution in [1.29, 1.82) is 0 Å². The number of imidazole rings is 2. The van der Waals surface area contributed by atoms with Crippen LogP contribution in [0.3, 0.4) is 0 Å². The van der Waals surface area contributed by atoms with Crippen LogP contribution < -0.4 is 10.6 Å². The minimum absolute atomic E-state index is 0.168. The Labute approximate surface area is 375 Å². The zero-order valence-corrected chi connectivity index (χ0v) is 36.7. The summed E-state index contributed by atoms with van der Waals surface area (Å²) in [5.74, 6) is 8.39. The molecule has 2 fully saturated rings. The molecule has 6 aromatic rings. The Morgan fingerprint density at radius 3 is 1.57 bits per heavy atom. The average Bonchev–Trinajstić information content (AvgIpc) is 4.11. The second kappa shape index (κ2) is 19.6. The van der Waals surface area contributed by atoms with Gasteiger partial charge in [-0.2, -0.15) is 0 Å². The third kappa shape index (κ3) is 9.97. The molecule has 2 aromatic carbocycles. The largest absolute Gasteiger partial charge is 0.396 e. The highest BCUT2D eigenvalue weighted by Crippen LogP contribution is 2.39. The summed E-state index contributed by atoms with van der Waals surface area (Å²) in [5.41, 5.74) is 13.9. The molecule has 0 amide bonds. The van der Waals surface area contributed by atoms with Gasteiger partial charge in [0.05, 0.1) is 23.8 Å². The number of hydrogen-bond acceptors (Lipinski definition) is 11. The molecular formula is C49H51BrN10O3. The smallest absolute Gasteiger partial charge is 0.180 e. The quantitative estimate of drug-likeness (QED) is 0.0473. The second-order valence-corrected chi connectivity index (χ2v) is 17.2. The first-order valence-electron chi connectivity index (χ1n) is 21.9. The van der Waals surface area contributed by atoms with Gasteiger partial charge in [0.25, 0.3) is 0 Å². The molecule has 2 aliphatic heterocycles. The maximum absolute atomic E-state index is 9.10. The van der Waals surface area contributed by atoms with E-state index in [4.69, 9.17) is 15.3 Å². The number of unbranched alkanes of at least 4 members (excludes halogenated alkanes) is 2. The average molecular weight is 908 g/mol. The van der Waals surface area contributed by atoms with E-state index in [-0.39, 0.29) is 19.8 Å². The van der Waals surface area contributed by atoms with Crippen LogP contribution in [0.15, 0.2) is 100 Å². The van der Waals surface area contributed by atoms with Gasteiger partial charge in [0, 0.05) is 86.5 Å². The molecule has 6 heterocycles. The molecule has 0 bridgehead atoms. The summed E-state index contributed by atoms with van der Waals surface area (Å²) in [6.07, 6.45) is 21.9. The number of halogens is 1. The second-order valence-electron chi connectivity index (χ2n) is 16.3. The number of hydrogen-bond donors (Lipinski definition) is 5. The fourth-order valence-electron chi connectivity index (χ4n) is 7.98. The van der Waals surface area contributed by atoms with Crippen molar-refractivity contribution in [3.05, 3.63) is 107 Å². The Bertz CT molecular complexity index is 2790. The highest BCUT2D eigenvalue weighted by molar-refractivity contribution is 9.10. The van der Waals surface area contributed by atoms with Gasteiger partial charge in [-0.15, -0.1) is 0 Å². The third-order valence-electron chi connectivity index (χ3n) is 11.7. The molecule has 0 saturated heterocycles. The van der Waals surface area contributed by atoms with E-state index < -0.39 is 0 Å². The minimum Gasteiger partial charge on any atom is -0.396 e. The van der Waals surface area contributed by atoms with E-state index in [1.807, 2.05) is 41.6 Å². The molecule has 2 aliphatic carbocycles. The summed E-state index contributed by atoms with van der Waals surface area (Å²) in [4.78, 5) is 27.6. The van der Waals surface area contributed by atoms with Crippen LogP contribution in [-0.4, -0.2) is 88.4 Å². The summed E-state index contributed by atoms with van der Waals surface area (Å²) in [6, 6.07) is 17.2. The predicted octanol–water partition coefficient (Wildman–Crippen LogP) is 8.46. The van der Waals surface area contributed by atoms with Crippen molar-refractivity contribution < 1.29 is 15.3 Å². The van der Waals surface area contributed by atoms with Crippen LogP contribution in [0.25, 0.3) is 45.0 Å². The van der Waals surface area contributed by atoms with Crippen molar-refractivity contribution in [3.8, 4) is 34.4 Å². The van der Waals surface area contributed by atoms with E-state index in [2.05, 4.69) is 121 Å². The number of rotatable bonds is 16. The molecule has 63 heavy (non-hydrogen) atoms. The van der Waals surface area contributed by atoms with Gasteiger partial charge in [-0.3, -0.25) is 18.8 Å². The normalized spacial score (nSPS) is 15.6. The maximum atomic E-state index is 9.10. The van der Waals surface area contributed by atoms with E-state index in [9.17, 15) is 0 Å². The first-order chi connectivity index (χ1) is 31.0. The lowest BCUT2D eigenvalue weighted by Gasteiger charge is -2.09. The number of fused-ring (bicyclic) bond motifs is 2. The Hall–Kier alpha value is -5.98. The summed E-state index contributed by atoms with van der Waals surface area (Å²) in [5, 5.41) is 33.7. The van der Waals surface area contributed by atoms with Gasteiger partial charge in [-0.1, -0.05) is 54.5 Å². The summed E-state index contributed by atoms with van der Waals surface area (Å²) >= 11 is 3.52. The van der Waals surface area contributed by atoms with Gasteiger partial charge in [0.1, 0.15) is 16.9 Å². The molecule has 0 unspecified atom stereocenters. The lowest BCUT2D eigenvalue weighted by molar-refractivity contribution is 0.286. The topological polar surface area (TPSA) is 170 Å². The third-order valence-corrected chi connectivity index (χ3v) is 12.1. The number of allylic oxidation sites excluding steroid dienone is 2. The monoisotopic (exact) mass is 906 g/mol. The molecule has 4 aromatic heterocycles. The molecular weight excluding hydrogens is 857 g/mol. The van der Waals surface area contributed by atoms with Crippen molar-refractivity contribution in [1.82, 2.24) is 28.7 Å². The lowest BCUT2D eigenvalue weighted by Crippen LogP contribution is -2.07. The molecule has 4 aliphatic rings. The maximum Gasteiger partial charge on any atom is 0.180 e. The summed E-state index contributed by atoms with van der Waals surface area (Å²) in [7, 11) is 0. The molecule has 10 rings (SSSR count). The molecule has 14 heteroatoms. The van der Waals surface area contributed by atoms with Crippen molar-refractivity contribution in [2.24, 2.45) is 21.8 Å². The van der Waals surface area contributed by atoms with Crippen LogP contribution in [0.4, 0.5) is 11.6 Å². The molecule has 322 valence electrons. The van der Waals surface area contributed by atoms with Crippen molar-refractivity contribution in [2.45, 2.75) is 64.2 Å². The summed E-state index contributed by atoms with van der Waals surface area (Å²) < 4.78 is 4.79. The minimum atomic E-state index is -0.223. The highest BCUT2D eigenvalue weighted by atomic mass is 79.9. The number of nitrogens with one attached hydrogen (secondary N) is 2. The Balaban J connectivity index is 0.000000161. The van der Waals surface area contributed by atoms with Crippen LogP contribution in [0.5, 0.6) is 0 Å². The SMILES string of the molecule is OCC#Cc1cn2c(-c3ccc(C4=CN=C(C5CC5)C4)cc3)cnc2c(NCCCCO)n1.OCCCCNc1nc(Br)cn2c(-c3ccc(C4=CN=C(C5CC5)C4)cc3)cnc12. The summed E-state index contributed by atoms with van der Waals surface area (Å²) in [6.45, 7) is 1.57. The van der Waals surface area contributed by atoms with E-state index in [0.717, 1.165) is 89.6 Å². The standard InChI is InChI=1S/C26H27N5O2.C23H24BrN5O/c32-12-2-1-11-27-25-26-29-16-24(31(26)17-22(30-25)4-3-13-33)20-9-5-18(6-10-20)21-14-23(28-15-21)19-7-8-19;24-21-14-29-20(13-27-23(29)22(28-21)25-9-1-2-10-30)17-7-3-15(4-8-17)18-11-19(26-12-18)16-5-6-16/h5-6,9-10,15-17,19,32-33H,1-2,7-8,11-14H2,(H,27,30);3-4,7-8,12-14,16,30H,1-2,5-6,9-11H2,(H,25,28). The number of benzene rings is 2. The van der Waals surface area contributed by atoms with E-state index in [0.29, 0.717) is 29.6 Å². The highest BCUT2D eigenvalue weighted by Gasteiger charge is 2.30. The molecule has 5 N–H and O–H groups in total. The zero-order valence-electron chi connectivity index (χ0n) is 35.1. The molecule has 0 spiro atoms. The number of aliphatic imine (C=N–C) groups is 2. The number of aliphatic hydroxyl groups is 3. The fourth-order valence-corrected chi connectivity index (χ4v) is 8.36. The van der Waals surface area contributed by atoms with Crippen molar-refractivity contribution in [2.75, 3.05) is 43.5 Å². The van der Waals surface area contributed by atoms with E-state index in [1.54, 1.807) is 0 Å². The molecule has 0 atom stereocenters. The van der Waals surface area contributed by atoms with Crippen LogP contribution in [0.2, 0.25) is 0 Å².